The molecule has 1 aliphatic rings. The molecular weight excluding hydrogens is 326 g/mol. The summed E-state index contributed by atoms with van der Waals surface area (Å²) in [7, 11) is 0. The Labute approximate surface area is 123 Å². The molecule has 2 aromatic rings. The number of likely N-dealkylation sites (tertiary alicyclic amines) is 1. The van der Waals surface area contributed by atoms with E-state index in [0.29, 0.717) is 23.4 Å². The summed E-state index contributed by atoms with van der Waals surface area (Å²) in [5.74, 6) is 1.19. The van der Waals surface area contributed by atoms with Crippen molar-refractivity contribution >= 4 is 33.4 Å². The van der Waals surface area contributed by atoms with Crippen LogP contribution in [0.3, 0.4) is 0 Å². The molecular formula is C12H14BrN5O2. The van der Waals surface area contributed by atoms with E-state index >= 15 is 0 Å². The summed E-state index contributed by atoms with van der Waals surface area (Å²) in [6.45, 7) is 0.591. The van der Waals surface area contributed by atoms with Gasteiger partial charge in [-0.25, -0.2) is 14.8 Å². The molecule has 0 aromatic carbocycles. The van der Waals surface area contributed by atoms with Gasteiger partial charge in [-0.2, -0.15) is 0 Å². The van der Waals surface area contributed by atoms with Crippen molar-refractivity contribution in [3.63, 3.8) is 0 Å². The van der Waals surface area contributed by atoms with Gasteiger partial charge in [0.2, 0.25) is 0 Å². The van der Waals surface area contributed by atoms with Gasteiger partial charge in [0.05, 0.1) is 0 Å². The van der Waals surface area contributed by atoms with Gasteiger partial charge in [-0.05, 0) is 28.8 Å². The second-order valence-electron chi connectivity index (χ2n) is 4.83. The van der Waals surface area contributed by atoms with E-state index in [2.05, 4.69) is 25.9 Å². The molecule has 0 spiro atoms. The van der Waals surface area contributed by atoms with Crippen LogP contribution in [0.1, 0.15) is 18.7 Å². The average molecular weight is 340 g/mol. The van der Waals surface area contributed by atoms with E-state index in [-0.39, 0.29) is 6.04 Å². The Kier molecular flexibility index (Phi) is 3.25. The molecule has 1 atom stereocenters. The topological polar surface area (TPSA) is 96.8 Å². The first-order chi connectivity index (χ1) is 9.58. The third kappa shape index (κ3) is 2.09. The molecule has 0 radical (unpaired) electrons. The van der Waals surface area contributed by atoms with Crippen molar-refractivity contribution in [2.24, 2.45) is 0 Å². The standard InChI is InChI=1S/C12H14BrN5O2/c13-10-9-11(14)15-3-5-18(9)8(16-10)6-7-2-1-4-17(7)12(19)20/h3,5,7H,1-2,4,6H2,(H2,14,15)(H,19,20). The summed E-state index contributed by atoms with van der Waals surface area (Å²) in [4.78, 5) is 21.2. The first-order valence-corrected chi connectivity index (χ1v) is 7.13. The Morgan fingerprint density at radius 2 is 2.40 bits per heavy atom. The highest BCUT2D eigenvalue weighted by Crippen LogP contribution is 2.26. The number of carboxylic acid groups (broad SMARTS) is 1. The number of fused-ring (bicyclic) bond motifs is 1. The number of aromatic nitrogens is 3. The van der Waals surface area contributed by atoms with Crippen LogP contribution in [-0.2, 0) is 6.42 Å². The number of hydrogen-bond acceptors (Lipinski definition) is 4. The quantitative estimate of drug-likeness (QED) is 0.868. The van der Waals surface area contributed by atoms with E-state index in [1.165, 1.54) is 4.90 Å². The van der Waals surface area contributed by atoms with Crippen molar-refractivity contribution in [2.45, 2.75) is 25.3 Å². The Morgan fingerprint density at radius 1 is 1.60 bits per heavy atom. The number of rotatable bonds is 2. The largest absolute Gasteiger partial charge is 0.465 e. The van der Waals surface area contributed by atoms with Crippen LogP contribution in [0.5, 0.6) is 0 Å². The molecule has 3 rings (SSSR count). The van der Waals surface area contributed by atoms with Crippen LogP contribution in [0.4, 0.5) is 10.6 Å². The molecule has 1 saturated heterocycles. The third-order valence-electron chi connectivity index (χ3n) is 3.65. The van der Waals surface area contributed by atoms with Gasteiger partial charge in [-0.3, -0.25) is 4.40 Å². The summed E-state index contributed by atoms with van der Waals surface area (Å²) in [6, 6.07) is -0.0283. The lowest BCUT2D eigenvalue weighted by Gasteiger charge is -2.20. The number of nitrogens with two attached hydrogens (primary N) is 1. The predicted molar refractivity (Wildman–Crippen MR) is 76.6 cm³/mol. The van der Waals surface area contributed by atoms with Gasteiger partial charge in [0, 0.05) is 31.4 Å². The minimum atomic E-state index is -0.867. The molecule has 1 fully saturated rings. The Balaban J connectivity index is 1.96. The monoisotopic (exact) mass is 339 g/mol. The molecule has 20 heavy (non-hydrogen) atoms. The lowest BCUT2D eigenvalue weighted by Crippen LogP contribution is -2.35. The lowest BCUT2D eigenvalue weighted by atomic mass is 10.1. The van der Waals surface area contributed by atoms with Gasteiger partial charge in [0.15, 0.2) is 5.82 Å². The van der Waals surface area contributed by atoms with E-state index in [1.54, 1.807) is 12.4 Å². The lowest BCUT2D eigenvalue weighted by molar-refractivity contribution is 0.139. The van der Waals surface area contributed by atoms with E-state index in [9.17, 15) is 9.90 Å². The van der Waals surface area contributed by atoms with E-state index in [4.69, 9.17) is 5.73 Å². The molecule has 3 heterocycles. The highest BCUT2D eigenvalue weighted by atomic mass is 79.9. The molecule has 1 unspecified atom stereocenters. The van der Waals surface area contributed by atoms with Crippen molar-refractivity contribution in [3.8, 4) is 0 Å². The summed E-state index contributed by atoms with van der Waals surface area (Å²) in [5, 5.41) is 9.18. The van der Waals surface area contributed by atoms with Gasteiger partial charge >= 0.3 is 6.09 Å². The Bertz CT molecular complexity index is 671. The van der Waals surface area contributed by atoms with Crippen molar-refractivity contribution in [2.75, 3.05) is 12.3 Å². The maximum atomic E-state index is 11.2. The molecule has 3 N–H and O–H groups in total. The molecule has 1 aliphatic heterocycles. The molecule has 0 saturated carbocycles. The summed E-state index contributed by atoms with van der Waals surface area (Å²) in [5.41, 5.74) is 6.57. The Morgan fingerprint density at radius 3 is 3.15 bits per heavy atom. The van der Waals surface area contributed by atoms with Crippen molar-refractivity contribution in [3.05, 3.63) is 22.8 Å². The number of halogens is 1. The zero-order valence-corrected chi connectivity index (χ0v) is 12.2. The second-order valence-corrected chi connectivity index (χ2v) is 5.58. The number of amides is 1. The van der Waals surface area contributed by atoms with Crippen LogP contribution in [0.15, 0.2) is 17.0 Å². The van der Waals surface area contributed by atoms with Gasteiger partial charge < -0.3 is 15.7 Å². The smallest absolute Gasteiger partial charge is 0.407 e. The maximum Gasteiger partial charge on any atom is 0.407 e. The van der Waals surface area contributed by atoms with Crippen LogP contribution in [0.2, 0.25) is 0 Å². The summed E-state index contributed by atoms with van der Waals surface area (Å²) < 4.78 is 2.50. The van der Waals surface area contributed by atoms with Crippen LogP contribution in [-0.4, -0.2) is 43.1 Å². The highest BCUT2D eigenvalue weighted by Gasteiger charge is 2.30. The van der Waals surface area contributed by atoms with E-state index < -0.39 is 6.09 Å². The fourth-order valence-electron chi connectivity index (χ4n) is 2.73. The van der Waals surface area contributed by atoms with Crippen LogP contribution in [0, 0.1) is 0 Å². The third-order valence-corrected chi connectivity index (χ3v) is 4.21. The van der Waals surface area contributed by atoms with Crippen LogP contribution in [0.25, 0.3) is 5.52 Å². The first kappa shape index (κ1) is 13.2. The van der Waals surface area contributed by atoms with Crippen molar-refractivity contribution < 1.29 is 9.90 Å². The van der Waals surface area contributed by atoms with E-state index in [0.717, 1.165) is 24.2 Å². The van der Waals surface area contributed by atoms with Crippen LogP contribution >= 0.6 is 15.9 Å². The summed E-state index contributed by atoms with van der Waals surface area (Å²) >= 11 is 3.38. The predicted octanol–water partition coefficient (Wildman–Crippen LogP) is 1.76. The Hall–Kier alpha value is -1.83. The van der Waals surface area contributed by atoms with Gasteiger partial charge in [-0.15, -0.1) is 0 Å². The molecule has 0 aliphatic carbocycles. The van der Waals surface area contributed by atoms with Crippen molar-refractivity contribution in [1.29, 1.82) is 0 Å². The molecule has 0 bridgehead atoms. The van der Waals surface area contributed by atoms with E-state index in [1.807, 2.05) is 4.40 Å². The molecule has 106 valence electrons. The minimum absolute atomic E-state index is 0.0283. The fourth-order valence-corrected chi connectivity index (χ4v) is 3.33. The SMILES string of the molecule is Nc1nccn2c(CC3CCCN3C(=O)O)nc(Br)c12. The summed E-state index contributed by atoms with van der Waals surface area (Å²) in [6.07, 6.45) is 4.86. The van der Waals surface area contributed by atoms with Crippen molar-refractivity contribution in [1.82, 2.24) is 19.3 Å². The maximum absolute atomic E-state index is 11.2. The first-order valence-electron chi connectivity index (χ1n) is 6.34. The van der Waals surface area contributed by atoms with Gasteiger partial charge in [0.25, 0.3) is 0 Å². The number of imidazole rings is 1. The fraction of sp³-hybridized carbons (Fsp3) is 0.417. The number of carbonyl (C=O) groups is 1. The second kappa shape index (κ2) is 4.93. The zero-order valence-electron chi connectivity index (χ0n) is 10.7. The highest BCUT2D eigenvalue weighted by molar-refractivity contribution is 9.10. The molecule has 8 heteroatoms. The number of hydrogen-bond donors (Lipinski definition) is 2. The minimum Gasteiger partial charge on any atom is -0.465 e. The van der Waals surface area contributed by atoms with Gasteiger partial charge in [-0.1, -0.05) is 0 Å². The van der Waals surface area contributed by atoms with Crippen LogP contribution < -0.4 is 5.73 Å². The number of nitrogen functional groups attached to an aromatic ring is 1. The number of nitrogens with zero attached hydrogens (tertiary/aromatic N) is 4. The number of anilines is 1. The zero-order chi connectivity index (χ0) is 14.3. The normalized spacial score (nSPS) is 18.9. The van der Waals surface area contributed by atoms with Gasteiger partial charge in [0.1, 0.15) is 15.9 Å². The molecule has 2 aromatic heterocycles. The average Bonchev–Trinajstić information content (AvgIpc) is 2.97. The molecule has 7 nitrogen and oxygen atoms in total. The molecule has 1 amide bonds.